The molecule has 0 radical (unpaired) electrons. The van der Waals surface area contributed by atoms with Gasteiger partial charge in [0.1, 0.15) is 0 Å². The zero-order valence-corrected chi connectivity index (χ0v) is 7.41. The summed E-state index contributed by atoms with van der Waals surface area (Å²) >= 11 is 4.31. The van der Waals surface area contributed by atoms with E-state index in [4.69, 9.17) is 5.26 Å². The van der Waals surface area contributed by atoms with Gasteiger partial charge in [-0.05, 0) is 13.8 Å². The Morgan fingerprint density at radius 1 is 1.60 bits per heavy atom. The average molecular weight is 158 g/mol. The van der Waals surface area contributed by atoms with Crippen LogP contribution in [-0.2, 0) is 0 Å². The molecule has 0 fully saturated rings. The molecule has 1 N–H and O–H groups in total. The molecular weight excluding hydrogens is 144 g/mol. The first-order valence-electron chi connectivity index (χ1n) is 3.36. The summed E-state index contributed by atoms with van der Waals surface area (Å²) in [4.78, 5) is 0. The minimum Gasteiger partial charge on any atom is -0.314 e. The molecule has 0 unspecified atom stereocenters. The summed E-state index contributed by atoms with van der Waals surface area (Å²) in [7, 11) is 0. The zero-order chi connectivity index (χ0) is 8.04. The van der Waals surface area contributed by atoms with E-state index in [9.17, 15) is 0 Å². The summed E-state index contributed by atoms with van der Waals surface area (Å²) in [6, 6.07) is 2.07. The van der Waals surface area contributed by atoms with E-state index in [1.807, 2.05) is 13.8 Å². The number of nitrogens with zero attached hydrogens (tertiary/aromatic N) is 1. The van der Waals surface area contributed by atoms with Crippen LogP contribution in [0.5, 0.6) is 0 Å². The van der Waals surface area contributed by atoms with E-state index in [1.165, 1.54) is 0 Å². The molecule has 2 nitrogen and oxygen atoms in total. The van der Waals surface area contributed by atoms with Crippen LogP contribution in [0.1, 0.15) is 20.3 Å². The van der Waals surface area contributed by atoms with Crippen molar-refractivity contribution in [2.75, 3.05) is 13.1 Å². The highest BCUT2D eigenvalue weighted by Gasteiger charge is 2.08. The highest BCUT2D eigenvalue weighted by molar-refractivity contribution is 7.81. The molecule has 0 saturated heterocycles. The fraction of sp³-hybridized carbons (Fsp3) is 0.857. The lowest BCUT2D eigenvalue weighted by molar-refractivity contribution is 0.599. The number of thiol groups is 1. The van der Waals surface area contributed by atoms with Crippen molar-refractivity contribution in [3.05, 3.63) is 0 Å². The van der Waals surface area contributed by atoms with Gasteiger partial charge in [-0.25, -0.2) is 0 Å². The average Bonchev–Trinajstić information content (AvgIpc) is 1.78. The summed E-state index contributed by atoms with van der Waals surface area (Å²) in [5.41, 5.74) is 0. The molecule has 0 rings (SSSR count). The Labute approximate surface area is 68.0 Å². The largest absolute Gasteiger partial charge is 0.314 e. The molecule has 58 valence electrons. The summed E-state index contributed by atoms with van der Waals surface area (Å²) < 4.78 is 0.0233. The SMILES string of the molecule is CC(C)(S)CNCCC#N. The molecule has 0 aliphatic carbocycles. The molecule has 0 aromatic heterocycles. The van der Waals surface area contributed by atoms with Crippen molar-refractivity contribution >= 4 is 12.6 Å². The molecule has 0 aliphatic heterocycles. The number of nitrogens with one attached hydrogen (secondary N) is 1. The lowest BCUT2D eigenvalue weighted by Gasteiger charge is -2.16. The monoisotopic (exact) mass is 158 g/mol. The van der Waals surface area contributed by atoms with E-state index in [0.717, 1.165) is 13.1 Å². The van der Waals surface area contributed by atoms with Gasteiger partial charge in [0.2, 0.25) is 0 Å². The minimum atomic E-state index is 0.0233. The topological polar surface area (TPSA) is 35.8 Å². The predicted molar refractivity (Wildman–Crippen MR) is 46.2 cm³/mol. The quantitative estimate of drug-likeness (QED) is 0.476. The van der Waals surface area contributed by atoms with Gasteiger partial charge in [0.05, 0.1) is 6.07 Å². The van der Waals surface area contributed by atoms with E-state index in [0.29, 0.717) is 6.42 Å². The van der Waals surface area contributed by atoms with Gasteiger partial charge >= 0.3 is 0 Å². The Hall–Kier alpha value is -0.200. The second-order valence-corrected chi connectivity index (χ2v) is 4.11. The highest BCUT2D eigenvalue weighted by atomic mass is 32.1. The predicted octanol–water partition coefficient (Wildman–Crippen LogP) is 1.20. The van der Waals surface area contributed by atoms with E-state index < -0.39 is 0 Å². The van der Waals surface area contributed by atoms with Crippen molar-refractivity contribution < 1.29 is 0 Å². The number of hydrogen-bond donors (Lipinski definition) is 2. The van der Waals surface area contributed by atoms with Gasteiger partial charge in [0.25, 0.3) is 0 Å². The smallest absolute Gasteiger partial charge is 0.0635 e. The maximum Gasteiger partial charge on any atom is 0.0635 e. The molecule has 0 atom stereocenters. The zero-order valence-electron chi connectivity index (χ0n) is 6.52. The fourth-order valence-electron chi connectivity index (χ4n) is 0.539. The summed E-state index contributed by atoms with van der Waals surface area (Å²) in [6.07, 6.45) is 0.573. The van der Waals surface area contributed by atoms with Gasteiger partial charge in [-0.15, -0.1) is 0 Å². The van der Waals surface area contributed by atoms with Crippen molar-refractivity contribution in [3.8, 4) is 6.07 Å². The summed E-state index contributed by atoms with van der Waals surface area (Å²) in [6.45, 7) is 5.68. The van der Waals surface area contributed by atoms with E-state index in [-0.39, 0.29) is 4.75 Å². The molecule has 0 spiro atoms. The third-order valence-corrected chi connectivity index (χ3v) is 1.13. The Kier molecular flexibility index (Phi) is 4.50. The van der Waals surface area contributed by atoms with Crippen LogP contribution < -0.4 is 5.32 Å². The molecule has 0 heterocycles. The number of nitriles is 1. The van der Waals surface area contributed by atoms with Crippen molar-refractivity contribution in [1.82, 2.24) is 5.32 Å². The van der Waals surface area contributed by atoms with Gasteiger partial charge in [-0.1, -0.05) is 0 Å². The van der Waals surface area contributed by atoms with Crippen LogP contribution in [0.2, 0.25) is 0 Å². The van der Waals surface area contributed by atoms with Crippen molar-refractivity contribution in [3.63, 3.8) is 0 Å². The maximum atomic E-state index is 8.19. The molecule has 3 heteroatoms. The molecule has 0 saturated carbocycles. The van der Waals surface area contributed by atoms with Crippen LogP contribution in [-0.4, -0.2) is 17.8 Å². The minimum absolute atomic E-state index is 0.0233. The van der Waals surface area contributed by atoms with Gasteiger partial charge in [-0.3, -0.25) is 0 Å². The Morgan fingerprint density at radius 2 is 2.20 bits per heavy atom. The number of hydrogen-bond acceptors (Lipinski definition) is 3. The first kappa shape index (κ1) is 9.80. The third kappa shape index (κ3) is 7.80. The van der Waals surface area contributed by atoms with Crippen LogP contribution in [0.3, 0.4) is 0 Å². The van der Waals surface area contributed by atoms with Crippen LogP contribution in [0.25, 0.3) is 0 Å². The molecular formula is C7H14N2S. The molecule has 10 heavy (non-hydrogen) atoms. The fourth-order valence-corrected chi connectivity index (χ4v) is 0.650. The lowest BCUT2D eigenvalue weighted by Crippen LogP contribution is -2.30. The Balaban J connectivity index is 3.14. The standard InChI is InChI=1S/C7H14N2S/c1-7(2,10)6-9-5-3-4-8/h9-10H,3,5-6H2,1-2H3. The second-order valence-electron chi connectivity index (χ2n) is 2.90. The summed E-state index contributed by atoms with van der Waals surface area (Å²) in [5, 5.41) is 11.3. The first-order valence-corrected chi connectivity index (χ1v) is 3.81. The van der Waals surface area contributed by atoms with Gasteiger partial charge in [0, 0.05) is 24.3 Å². The van der Waals surface area contributed by atoms with Crippen molar-refractivity contribution in [2.45, 2.75) is 25.0 Å². The van der Waals surface area contributed by atoms with Crippen molar-refractivity contribution in [1.29, 1.82) is 5.26 Å². The third-order valence-electron chi connectivity index (χ3n) is 0.971. The van der Waals surface area contributed by atoms with Gasteiger partial charge in [-0.2, -0.15) is 17.9 Å². The Morgan fingerprint density at radius 3 is 2.60 bits per heavy atom. The first-order chi connectivity index (χ1) is 4.56. The molecule has 0 aromatic rings. The van der Waals surface area contributed by atoms with Gasteiger partial charge < -0.3 is 5.32 Å². The number of rotatable bonds is 4. The van der Waals surface area contributed by atoms with E-state index >= 15 is 0 Å². The lowest BCUT2D eigenvalue weighted by atomic mass is 10.2. The van der Waals surface area contributed by atoms with Crippen molar-refractivity contribution in [2.24, 2.45) is 0 Å². The second kappa shape index (κ2) is 4.59. The van der Waals surface area contributed by atoms with Crippen LogP contribution in [0.15, 0.2) is 0 Å². The highest BCUT2D eigenvalue weighted by Crippen LogP contribution is 2.08. The normalized spacial score (nSPS) is 11.0. The molecule has 0 bridgehead atoms. The van der Waals surface area contributed by atoms with E-state index in [2.05, 4.69) is 24.0 Å². The molecule has 0 amide bonds. The Bertz CT molecular complexity index is 121. The van der Waals surface area contributed by atoms with Crippen LogP contribution in [0, 0.1) is 11.3 Å². The van der Waals surface area contributed by atoms with E-state index in [1.54, 1.807) is 0 Å². The molecule has 0 aromatic carbocycles. The van der Waals surface area contributed by atoms with Gasteiger partial charge in [0.15, 0.2) is 0 Å². The maximum absolute atomic E-state index is 8.19. The summed E-state index contributed by atoms with van der Waals surface area (Å²) in [5.74, 6) is 0. The van der Waals surface area contributed by atoms with Crippen LogP contribution >= 0.6 is 12.6 Å². The molecule has 0 aliphatic rings. The van der Waals surface area contributed by atoms with Crippen LogP contribution in [0.4, 0.5) is 0 Å².